The molecule has 2 radical (unpaired) electrons. The second-order valence-electron chi connectivity index (χ2n) is 1.56. The molecule has 0 saturated heterocycles. The van der Waals surface area contributed by atoms with Crippen molar-refractivity contribution in [3.05, 3.63) is 18.9 Å². The minimum absolute atomic E-state index is 0.602. The summed E-state index contributed by atoms with van der Waals surface area (Å²) in [5.41, 5.74) is 1.39. The SMILES string of the molecule is [c]1ncc2[nH][c]nc2n1. The average molecular weight is 118 g/mol. The summed E-state index contributed by atoms with van der Waals surface area (Å²) in [6.07, 6.45) is 6.56. The van der Waals surface area contributed by atoms with Gasteiger partial charge < -0.3 is 4.98 Å². The normalized spacial score (nSPS) is 10.2. The molecule has 2 heterocycles. The Labute approximate surface area is 51.0 Å². The van der Waals surface area contributed by atoms with Gasteiger partial charge >= 0.3 is 0 Å². The van der Waals surface area contributed by atoms with Crippen LogP contribution in [0.25, 0.3) is 11.2 Å². The van der Waals surface area contributed by atoms with Crippen molar-refractivity contribution < 1.29 is 0 Å². The largest absolute Gasteiger partial charge is 0.333 e. The quantitative estimate of drug-likeness (QED) is 0.527. The van der Waals surface area contributed by atoms with E-state index in [4.69, 9.17) is 0 Å². The molecule has 2 rings (SSSR count). The third kappa shape index (κ3) is 0.561. The van der Waals surface area contributed by atoms with Crippen molar-refractivity contribution in [2.45, 2.75) is 0 Å². The Morgan fingerprint density at radius 2 is 2.44 bits per heavy atom. The third-order valence-electron chi connectivity index (χ3n) is 1.00. The Morgan fingerprint density at radius 1 is 1.44 bits per heavy atom. The van der Waals surface area contributed by atoms with Gasteiger partial charge in [0.1, 0.15) is 5.52 Å². The van der Waals surface area contributed by atoms with E-state index < -0.39 is 0 Å². The van der Waals surface area contributed by atoms with Crippen molar-refractivity contribution in [1.82, 2.24) is 19.9 Å². The number of hydrogen-bond acceptors (Lipinski definition) is 3. The molecule has 0 aliphatic carbocycles. The molecule has 2 aromatic rings. The Morgan fingerprint density at radius 3 is 3.33 bits per heavy atom. The number of hydrogen-bond donors (Lipinski definition) is 1. The van der Waals surface area contributed by atoms with E-state index >= 15 is 0 Å². The van der Waals surface area contributed by atoms with Crippen LogP contribution in [0.3, 0.4) is 0 Å². The maximum absolute atomic E-state index is 3.76. The van der Waals surface area contributed by atoms with Crippen molar-refractivity contribution in [2.75, 3.05) is 0 Å². The number of H-pyrrole nitrogens is 1. The Bertz CT molecular complexity index is 283. The zero-order valence-electron chi connectivity index (χ0n) is 4.42. The molecule has 0 fully saturated rings. The van der Waals surface area contributed by atoms with Crippen LogP contribution in [0.1, 0.15) is 0 Å². The number of aromatic nitrogens is 4. The number of nitrogens with zero attached hydrogens (tertiary/aromatic N) is 3. The smallest absolute Gasteiger partial charge is 0.199 e. The minimum Gasteiger partial charge on any atom is -0.333 e. The molecule has 1 N–H and O–H groups in total. The zero-order chi connectivity index (χ0) is 6.10. The molecule has 0 aliphatic heterocycles. The molecule has 9 heavy (non-hydrogen) atoms. The maximum Gasteiger partial charge on any atom is 0.199 e. The standard InChI is InChI=1S/C5H2N4/c1-4-5(8-2-6-1)9-3-7-4/h1H,(H,6,7,8,9). The van der Waals surface area contributed by atoms with Crippen LogP contribution in [-0.2, 0) is 0 Å². The van der Waals surface area contributed by atoms with E-state index in [0.29, 0.717) is 5.65 Å². The van der Waals surface area contributed by atoms with E-state index in [-0.39, 0.29) is 0 Å². The first-order valence-corrected chi connectivity index (χ1v) is 2.41. The lowest BCUT2D eigenvalue weighted by atomic mass is 10.6. The van der Waals surface area contributed by atoms with Gasteiger partial charge in [0.2, 0.25) is 0 Å². The van der Waals surface area contributed by atoms with E-state index in [9.17, 15) is 0 Å². The fourth-order valence-corrected chi connectivity index (χ4v) is 0.602. The summed E-state index contributed by atoms with van der Waals surface area (Å²) >= 11 is 0. The summed E-state index contributed by atoms with van der Waals surface area (Å²) in [5, 5.41) is 0. The van der Waals surface area contributed by atoms with Gasteiger partial charge in [-0.05, 0) is 0 Å². The maximum atomic E-state index is 3.76. The highest BCUT2D eigenvalue weighted by atomic mass is 15.0. The van der Waals surface area contributed by atoms with E-state index in [2.05, 4.69) is 32.6 Å². The van der Waals surface area contributed by atoms with Crippen molar-refractivity contribution >= 4 is 11.2 Å². The summed E-state index contributed by atoms with van der Waals surface area (Å²) in [4.78, 5) is 13.9. The van der Waals surface area contributed by atoms with Crippen LogP contribution in [0.4, 0.5) is 0 Å². The Balaban J connectivity index is 2.95. The van der Waals surface area contributed by atoms with Crippen LogP contribution < -0.4 is 0 Å². The van der Waals surface area contributed by atoms with Gasteiger partial charge in [0.25, 0.3) is 0 Å². The predicted octanol–water partition coefficient (Wildman–Crippen LogP) is -0.0467. The van der Waals surface area contributed by atoms with Gasteiger partial charge in [0, 0.05) is 0 Å². The molecule has 4 nitrogen and oxygen atoms in total. The van der Waals surface area contributed by atoms with Crippen LogP contribution >= 0.6 is 0 Å². The van der Waals surface area contributed by atoms with Crippen LogP contribution in [0.15, 0.2) is 6.20 Å². The van der Waals surface area contributed by atoms with Gasteiger partial charge in [-0.3, -0.25) is 0 Å². The van der Waals surface area contributed by atoms with E-state index in [1.54, 1.807) is 6.20 Å². The summed E-state index contributed by atoms with van der Waals surface area (Å²) in [5.74, 6) is 0. The summed E-state index contributed by atoms with van der Waals surface area (Å²) in [7, 11) is 0. The van der Waals surface area contributed by atoms with Gasteiger partial charge in [0.15, 0.2) is 18.3 Å². The molecule has 4 heteroatoms. The Hall–Kier alpha value is -1.45. The van der Waals surface area contributed by atoms with Crippen molar-refractivity contribution in [2.24, 2.45) is 0 Å². The van der Waals surface area contributed by atoms with E-state index in [1.807, 2.05) is 0 Å². The van der Waals surface area contributed by atoms with E-state index in [0.717, 1.165) is 5.52 Å². The van der Waals surface area contributed by atoms with Gasteiger partial charge in [-0.25, -0.2) is 15.0 Å². The first-order chi connectivity index (χ1) is 4.47. The van der Waals surface area contributed by atoms with Crippen molar-refractivity contribution in [3.63, 3.8) is 0 Å². The minimum atomic E-state index is 0.602. The fourth-order valence-electron chi connectivity index (χ4n) is 0.602. The van der Waals surface area contributed by atoms with Crippen LogP contribution in [0.5, 0.6) is 0 Å². The lowest BCUT2D eigenvalue weighted by Crippen LogP contribution is -1.77. The number of fused-ring (bicyclic) bond motifs is 1. The summed E-state index contributed by atoms with van der Waals surface area (Å²) in [6, 6.07) is 0. The molecule has 0 unspecified atom stereocenters. The first kappa shape index (κ1) is 4.43. The van der Waals surface area contributed by atoms with Gasteiger partial charge in [-0.1, -0.05) is 0 Å². The zero-order valence-corrected chi connectivity index (χ0v) is 4.42. The number of nitrogens with one attached hydrogen (secondary N) is 1. The molecular weight excluding hydrogens is 116 g/mol. The van der Waals surface area contributed by atoms with Crippen LogP contribution in [0.2, 0.25) is 0 Å². The van der Waals surface area contributed by atoms with Crippen LogP contribution in [-0.4, -0.2) is 19.9 Å². The monoisotopic (exact) mass is 118 g/mol. The second kappa shape index (κ2) is 1.51. The first-order valence-electron chi connectivity index (χ1n) is 2.41. The van der Waals surface area contributed by atoms with Crippen molar-refractivity contribution in [1.29, 1.82) is 0 Å². The molecule has 0 amide bonds. The molecule has 2 aromatic heterocycles. The number of imidazole rings is 1. The highest BCUT2D eigenvalue weighted by Gasteiger charge is 1.92. The Kier molecular flexibility index (Phi) is 0.745. The summed E-state index contributed by atoms with van der Waals surface area (Å²) < 4.78 is 0. The van der Waals surface area contributed by atoms with Gasteiger partial charge in [-0.2, -0.15) is 0 Å². The second-order valence-corrected chi connectivity index (χ2v) is 1.56. The topological polar surface area (TPSA) is 54.5 Å². The lowest BCUT2D eigenvalue weighted by molar-refractivity contribution is 1.18. The molecule has 0 aliphatic rings. The molecule has 0 aromatic carbocycles. The lowest BCUT2D eigenvalue weighted by Gasteiger charge is -1.78. The molecular formula is C5H2N4. The fraction of sp³-hybridized carbons (Fsp3) is 0. The van der Waals surface area contributed by atoms with Gasteiger partial charge in [-0.15, -0.1) is 0 Å². The molecule has 0 spiro atoms. The molecule has 0 atom stereocenters. The molecule has 0 saturated carbocycles. The van der Waals surface area contributed by atoms with Crippen LogP contribution in [0, 0.1) is 12.7 Å². The summed E-state index contributed by atoms with van der Waals surface area (Å²) in [6.45, 7) is 0. The number of aromatic amines is 1. The average Bonchev–Trinajstić information content (AvgIpc) is 2.33. The predicted molar refractivity (Wildman–Crippen MR) is 29.4 cm³/mol. The highest BCUT2D eigenvalue weighted by Crippen LogP contribution is 1.98. The van der Waals surface area contributed by atoms with Gasteiger partial charge in [0.05, 0.1) is 6.20 Å². The highest BCUT2D eigenvalue weighted by molar-refractivity contribution is 5.67. The molecule has 42 valence electrons. The number of rotatable bonds is 0. The molecule has 0 bridgehead atoms. The van der Waals surface area contributed by atoms with E-state index in [1.165, 1.54) is 0 Å². The van der Waals surface area contributed by atoms with Crippen molar-refractivity contribution in [3.8, 4) is 0 Å². The third-order valence-corrected chi connectivity index (χ3v) is 1.00.